The molecule has 4 rings (SSSR count). The first-order chi connectivity index (χ1) is 18.9. The number of esters is 1. The van der Waals surface area contributed by atoms with Crippen molar-refractivity contribution in [2.45, 2.75) is 53.0 Å². The van der Waals surface area contributed by atoms with Crippen molar-refractivity contribution in [3.8, 4) is 17.2 Å². The van der Waals surface area contributed by atoms with Gasteiger partial charge in [0.15, 0.2) is 16.3 Å². The zero-order chi connectivity index (χ0) is 27.9. The molecule has 2 aromatic carbocycles. The minimum atomic E-state index is -0.699. The zero-order valence-corrected chi connectivity index (χ0v) is 23.5. The van der Waals surface area contributed by atoms with E-state index in [2.05, 4.69) is 11.9 Å². The summed E-state index contributed by atoms with van der Waals surface area (Å²) >= 11 is 1.24. The maximum Gasteiger partial charge on any atom is 0.338 e. The van der Waals surface area contributed by atoms with Crippen LogP contribution in [0.15, 0.2) is 63.5 Å². The number of phenols is 1. The zero-order valence-electron chi connectivity index (χ0n) is 22.7. The normalized spacial score (nSPS) is 15.1. The number of benzene rings is 2. The molecule has 2 heterocycles. The lowest BCUT2D eigenvalue weighted by Crippen LogP contribution is -2.39. The summed E-state index contributed by atoms with van der Waals surface area (Å²) in [6, 6.07) is 11.7. The Balaban J connectivity index is 1.79. The molecule has 0 saturated carbocycles. The molecule has 0 amide bonds. The van der Waals surface area contributed by atoms with Gasteiger partial charge in [-0.1, -0.05) is 49.3 Å². The third-order valence-electron chi connectivity index (χ3n) is 6.31. The van der Waals surface area contributed by atoms with Crippen molar-refractivity contribution in [3.05, 3.63) is 84.5 Å². The van der Waals surface area contributed by atoms with Gasteiger partial charge in [0.25, 0.3) is 5.56 Å². The third-order valence-corrected chi connectivity index (χ3v) is 7.29. The second kappa shape index (κ2) is 12.8. The molecule has 1 aliphatic rings. The molecule has 0 aliphatic carbocycles. The van der Waals surface area contributed by atoms with Gasteiger partial charge in [-0.3, -0.25) is 9.36 Å². The number of hydrogen-bond acceptors (Lipinski definition) is 8. The number of thiazole rings is 1. The maximum absolute atomic E-state index is 13.8. The molecular formula is C30H34N2O6S. The van der Waals surface area contributed by atoms with Crippen LogP contribution in [0.25, 0.3) is 6.08 Å². The van der Waals surface area contributed by atoms with E-state index in [0.29, 0.717) is 45.1 Å². The van der Waals surface area contributed by atoms with Crippen molar-refractivity contribution in [1.29, 1.82) is 0 Å². The first-order valence-electron chi connectivity index (χ1n) is 13.3. The lowest BCUT2D eigenvalue weighted by Gasteiger charge is -2.24. The highest BCUT2D eigenvalue weighted by atomic mass is 32.1. The second-order valence-electron chi connectivity index (χ2n) is 9.09. The molecule has 0 bridgehead atoms. The molecule has 206 valence electrons. The lowest BCUT2D eigenvalue weighted by molar-refractivity contribution is -0.139. The highest BCUT2D eigenvalue weighted by Gasteiger charge is 2.33. The van der Waals surface area contributed by atoms with Crippen LogP contribution >= 0.6 is 11.3 Å². The van der Waals surface area contributed by atoms with Gasteiger partial charge >= 0.3 is 5.97 Å². The Morgan fingerprint density at radius 2 is 1.85 bits per heavy atom. The van der Waals surface area contributed by atoms with E-state index in [-0.39, 0.29) is 17.9 Å². The van der Waals surface area contributed by atoms with Crippen molar-refractivity contribution in [2.24, 2.45) is 4.99 Å². The van der Waals surface area contributed by atoms with E-state index < -0.39 is 12.0 Å². The number of aromatic hydroxyl groups is 1. The molecule has 9 heteroatoms. The summed E-state index contributed by atoms with van der Waals surface area (Å²) in [5.41, 5.74) is 2.02. The van der Waals surface area contributed by atoms with E-state index in [0.717, 1.165) is 30.6 Å². The topological polar surface area (TPSA) is 99.4 Å². The van der Waals surface area contributed by atoms with Crippen LogP contribution in [0.3, 0.4) is 0 Å². The molecule has 1 N–H and O–H groups in total. The average Bonchev–Trinajstić information content (AvgIpc) is 3.22. The second-order valence-corrected chi connectivity index (χ2v) is 10.1. The van der Waals surface area contributed by atoms with Crippen LogP contribution in [0, 0.1) is 0 Å². The number of phenolic OH excluding ortho intramolecular Hbond substituents is 1. The van der Waals surface area contributed by atoms with Crippen LogP contribution in [-0.2, 0) is 9.53 Å². The van der Waals surface area contributed by atoms with Gasteiger partial charge in [0.2, 0.25) is 0 Å². The molecule has 1 aliphatic heterocycles. The van der Waals surface area contributed by atoms with Gasteiger partial charge in [0.1, 0.15) is 5.75 Å². The number of nitrogens with zero attached hydrogens (tertiary/aromatic N) is 2. The lowest BCUT2D eigenvalue weighted by atomic mass is 9.96. The number of hydrogen-bond donors (Lipinski definition) is 1. The summed E-state index contributed by atoms with van der Waals surface area (Å²) in [5.74, 6) is 0.605. The Labute approximate surface area is 231 Å². The van der Waals surface area contributed by atoms with Gasteiger partial charge in [0.05, 0.1) is 41.7 Å². The number of carbonyl (C=O) groups excluding carboxylic acids is 1. The van der Waals surface area contributed by atoms with E-state index in [1.807, 2.05) is 31.2 Å². The van der Waals surface area contributed by atoms with E-state index in [1.54, 1.807) is 36.6 Å². The number of aromatic nitrogens is 1. The van der Waals surface area contributed by atoms with Gasteiger partial charge in [0, 0.05) is 0 Å². The van der Waals surface area contributed by atoms with Crippen molar-refractivity contribution >= 4 is 23.4 Å². The Bertz CT molecular complexity index is 1530. The number of fused-ring (bicyclic) bond motifs is 1. The van der Waals surface area contributed by atoms with E-state index in [4.69, 9.17) is 14.2 Å². The molecule has 1 atom stereocenters. The fourth-order valence-corrected chi connectivity index (χ4v) is 5.48. The molecule has 3 aromatic rings. The molecule has 0 fully saturated rings. The molecular weight excluding hydrogens is 516 g/mol. The predicted octanol–water partition coefficient (Wildman–Crippen LogP) is 4.47. The quantitative estimate of drug-likeness (QED) is 0.279. The van der Waals surface area contributed by atoms with Gasteiger partial charge in [-0.05, 0) is 68.7 Å². The summed E-state index contributed by atoms with van der Waals surface area (Å²) in [5, 5.41) is 10.1. The molecule has 0 spiro atoms. The third kappa shape index (κ3) is 6.25. The van der Waals surface area contributed by atoms with Crippen molar-refractivity contribution in [2.75, 3.05) is 19.8 Å². The smallest absolute Gasteiger partial charge is 0.338 e. The van der Waals surface area contributed by atoms with Crippen LogP contribution in [0.1, 0.15) is 64.1 Å². The highest BCUT2D eigenvalue weighted by molar-refractivity contribution is 7.07. The van der Waals surface area contributed by atoms with Crippen molar-refractivity contribution in [3.63, 3.8) is 0 Å². The van der Waals surface area contributed by atoms with E-state index in [1.165, 1.54) is 17.4 Å². The fraction of sp³-hybridized carbons (Fsp3) is 0.367. The maximum atomic E-state index is 13.8. The number of allylic oxidation sites excluding steroid dienone is 1. The Morgan fingerprint density at radius 3 is 2.54 bits per heavy atom. The van der Waals surface area contributed by atoms with Gasteiger partial charge in [-0.25, -0.2) is 9.79 Å². The van der Waals surface area contributed by atoms with Gasteiger partial charge in [-0.2, -0.15) is 0 Å². The van der Waals surface area contributed by atoms with Crippen molar-refractivity contribution < 1.29 is 24.1 Å². The fourth-order valence-electron chi connectivity index (χ4n) is 4.44. The monoisotopic (exact) mass is 550 g/mol. The largest absolute Gasteiger partial charge is 0.504 e. The summed E-state index contributed by atoms with van der Waals surface area (Å²) < 4.78 is 18.7. The number of ether oxygens (including phenoxy) is 3. The summed E-state index contributed by atoms with van der Waals surface area (Å²) in [4.78, 5) is 32.0. The van der Waals surface area contributed by atoms with Gasteiger partial charge in [-0.15, -0.1) is 0 Å². The minimum Gasteiger partial charge on any atom is -0.504 e. The number of unbranched alkanes of at least 4 members (excludes halogenated alkanes) is 2. The Hall–Kier alpha value is -3.85. The summed E-state index contributed by atoms with van der Waals surface area (Å²) in [7, 11) is 0. The first-order valence-corrected chi connectivity index (χ1v) is 14.1. The van der Waals surface area contributed by atoms with E-state index >= 15 is 0 Å². The van der Waals surface area contributed by atoms with Crippen LogP contribution in [0.5, 0.6) is 17.2 Å². The van der Waals surface area contributed by atoms with Crippen LogP contribution < -0.4 is 24.4 Å². The first kappa shape index (κ1) is 28.2. The standard InChI is InChI=1S/C30H34N2O6S/c1-5-8-9-16-38-22-13-11-21(12-14-22)27-26(29(35)37-7-3)19(4)31-30-32(27)28(34)25(39-30)18-20-10-15-23(33)24(17-20)36-6-2/h10-15,17-18,27,33H,5-9,16H2,1-4H3. The van der Waals surface area contributed by atoms with Gasteiger partial charge < -0.3 is 19.3 Å². The summed E-state index contributed by atoms with van der Waals surface area (Å²) in [6.45, 7) is 8.73. The molecule has 1 unspecified atom stereocenters. The van der Waals surface area contributed by atoms with E-state index in [9.17, 15) is 14.7 Å². The summed E-state index contributed by atoms with van der Waals surface area (Å²) in [6.07, 6.45) is 4.95. The molecule has 8 nitrogen and oxygen atoms in total. The van der Waals surface area contributed by atoms with Crippen LogP contribution in [0.4, 0.5) is 0 Å². The average molecular weight is 551 g/mol. The van der Waals surface area contributed by atoms with Crippen LogP contribution in [0.2, 0.25) is 0 Å². The van der Waals surface area contributed by atoms with Crippen LogP contribution in [-0.4, -0.2) is 35.5 Å². The number of rotatable bonds is 11. The molecule has 0 saturated heterocycles. The predicted molar refractivity (Wildman–Crippen MR) is 151 cm³/mol. The molecule has 39 heavy (non-hydrogen) atoms. The minimum absolute atomic E-state index is 0.0305. The Kier molecular flexibility index (Phi) is 9.24. The highest BCUT2D eigenvalue weighted by Crippen LogP contribution is 2.32. The Morgan fingerprint density at radius 1 is 1.08 bits per heavy atom. The van der Waals surface area contributed by atoms with Crippen molar-refractivity contribution in [1.82, 2.24) is 4.57 Å². The molecule has 1 aromatic heterocycles. The SMILES string of the molecule is CCCCCOc1ccc(C2C(C(=O)OCC)=C(C)N=c3sc(=Cc4ccc(O)c(OCC)c4)c(=O)n32)cc1. The molecule has 0 radical (unpaired) electrons. The number of carbonyl (C=O) groups is 1.